The molecule has 2 atom stereocenters. The first-order valence-corrected chi connectivity index (χ1v) is 6.78. The van der Waals surface area contributed by atoms with Gasteiger partial charge >= 0.3 is 6.09 Å². The molecule has 0 aliphatic carbocycles. The van der Waals surface area contributed by atoms with Crippen molar-refractivity contribution in [3.63, 3.8) is 0 Å². The molecule has 0 radical (unpaired) electrons. The van der Waals surface area contributed by atoms with Crippen LogP contribution in [0, 0.1) is 5.92 Å². The first kappa shape index (κ1) is 15.0. The third kappa shape index (κ3) is 3.72. The van der Waals surface area contributed by atoms with Gasteiger partial charge in [-0.25, -0.2) is 4.79 Å². The Morgan fingerprint density at radius 2 is 1.94 bits per heavy atom. The van der Waals surface area contributed by atoms with Crippen LogP contribution in [0.2, 0.25) is 0 Å². The fourth-order valence-electron chi connectivity index (χ4n) is 2.41. The van der Waals surface area contributed by atoms with Crippen LogP contribution in [0.4, 0.5) is 4.79 Å². The zero-order valence-electron chi connectivity index (χ0n) is 12.2. The normalized spacial score (nSPS) is 24.8. The highest BCUT2D eigenvalue weighted by Crippen LogP contribution is 2.26. The highest BCUT2D eigenvalue weighted by atomic mass is 16.6. The predicted octanol–water partition coefficient (Wildman–Crippen LogP) is 3.00. The molecule has 0 bridgehead atoms. The van der Waals surface area contributed by atoms with Crippen LogP contribution in [-0.2, 0) is 9.53 Å². The number of ketones is 1. The maximum atomic E-state index is 12.1. The van der Waals surface area contributed by atoms with Crippen LogP contribution in [0.1, 0.15) is 53.9 Å². The molecule has 0 saturated carbocycles. The highest BCUT2D eigenvalue weighted by molar-refractivity contribution is 5.82. The van der Waals surface area contributed by atoms with Crippen LogP contribution >= 0.6 is 0 Å². The van der Waals surface area contributed by atoms with Crippen LogP contribution in [-0.4, -0.2) is 35.0 Å². The minimum absolute atomic E-state index is 0.0312. The fourth-order valence-corrected chi connectivity index (χ4v) is 2.41. The van der Waals surface area contributed by atoms with Gasteiger partial charge in [0.05, 0.1) is 0 Å². The van der Waals surface area contributed by atoms with Gasteiger partial charge < -0.3 is 9.64 Å². The number of likely N-dealkylation sites (tertiary alicyclic amines) is 1. The number of Topliss-reactive ketones (excluding diaryl/α,β-unsaturated/α-hetero) is 1. The number of hydrogen-bond acceptors (Lipinski definition) is 3. The summed E-state index contributed by atoms with van der Waals surface area (Å²) in [6, 6.07) is -0.0546. The minimum atomic E-state index is -0.488. The minimum Gasteiger partial charge on any atom is -0.444 e. The molecule has 4 nitrogen and oxygen atoms in total. The van der Waals surface area contributed by atoms with E-state index in [1.165, 1.54) is 0 Å². The Hall–Kier alpha value is -1.06. The number of carbonyl (C=O) groups excluding carboxylic acids is 2. The van der Waals surface area contributed by atoms with Crippen LogP contribution in [0.15, 0.2) is 0 Å². The van der Waals surface area contributed by atoms with Gasteiger partial charge in [-0.05, 0) is 40.5 Å². The summed E-state index contributed by atoms with van der Waals surface area (Å²) in [5.41, 5.74) is -0.488. The summed E-state index contributed by atoms with van der Waals surface area (Å²) < 4.78 is 5.39. The lowest BCUT2D eigenvalue weighted by Crippen LogP contribution is -2.50. The van der Waals surface area contributed by atoms with E-state index in [2.05, 4.69) is 0 Å². The maximum absolute atomic E-state index is 12.1. The van der Waals surface area contributed by atoms with Crippen molar-refractivity contribution in [1.29, 1.82) is 0 Å². The van der Waals surface area contributed by atoms with Crippen LogP contribution in [0.5, 0.6) is 0 Å². The highest BCUT2D eigenvalue weighted by Gasteiger charge is 2.36. The van der Waals surface area contributed by atoms with E-state index in [4.69, 9.17) is 4.74 Å². The van der Waals surface area contributed by atoms with Gasteiger partial charge in [0.25, 0.3) is 0 Å². The molecule has 1 heterocycles. The van der Waals surface area contributed by atoms with Gasteiger partial charge in [0, 0.05) is 24.9 Å². The van der Waals surface area contributed by atoms with Crippen molar-refractivity contribution in [1.82, 2.24) is 4.90 Å². The molecule has 0 N–H and O–H groups in total. The van der Waals surface area contributed by atoms with Crippen molar-refractivity contribution < 1.29 is 14.3 Å². The van der Waals surface area contributed by atoms with Crippen LogP contribution in [0.3, 0.4) is 0 Å². The second-order valence-corrected chi connectivity index (χ2v) is 5.98. The summed E-state index contributed by atoms with van der Waals surface area (Å²) in [6.45, 7) is 10.1. The molecule has 0 spiro atoms. The first-order valence-electron chi connectivity index (χ1n) is 6.78. The molecule has 1 amide bonds. The van der Waals surface area contributed by atoms with Crippen molar-refractivity contribution in [2.45, 2.75) is 65.5 Å². The number of ether oxygens (including phenoxy) is 1. The summed E-state index contributed by atoms with van der Waals surface area (Å²) in [7, 11) is 0. The Balaban J connectivity index is 2.71. The summed E-state index contributed by atoms with van der Waals surface area (Å²) >= 11 is 0. The maximum Gasteiger partial charge on any atom is 0.410 e. The van der Waals surface area contributed by atoms with E-state index in [1.54, 1.807) is 4.90 Å². The van der Waals surface area contributed by atoms with E-state index in [-0.39, 0.29) is 23.8 Å². The van der Waals surface area contributed by atoms with Gasteiger partial charge in [-0.3, -0.25) is 4.79 Å². The number of carbonyl (C=O) groups is 2. The van der Waals surface area contributed by atoms with E-state index in [1.807, 2.05) is 34.6 Å². The molecule has 1 rings (SSSR count). The molecule has 0 aromatic rings. The van der Waals surface area contributed by atoms with Gasteiger partial charge in [-0.2, -0.15) is 0 Å². The predicted molar refractivity (Wildman–Crippen MR) is 70.4 cm³/mol. The van der Waals surface area contributed by atoms with E-state index in [0.29, 0.717) is 13.0 Å². The molecular weight excluding hydrogens is 230 g/mol. The van der Waals surface area contributed by atoms with Crippen molar-refractivity contribution in [2.24, 2.45) is 5.92 Å². The average molecular weight is 255 g/mol. The van der Waals surface area contributed by atoms with E-state index in [9.17, 15) is 9.59 Å². The first-order chi connectivity index (χ1) is 8.26. The second kappa shape index (κ2) is 5.72. The van der Waals surface area contributed by atoms with E-state index >= 15 is 0 Å². The molecule has 2 unspecified atom stereocenters. The lowest BCUT2D eigenvalue weighted by molar-refractivity contribution is -0.125. The van der Waals surface area contributed by atoms with Crippen molar-refractivity contribution in [2.75, 3.05) is 6.54 Å². The average Bonchev–Trinajstić information content (AvgIpc) is 2.26. The Morgan fingerprint density at radius 1 is 1.33 bits per heavy atom. The molecular formula is C14H25NO3. The lowest BCUT2D eigenvalue weighted by atomic mass is 9.86. The zero-order chi connectivity index (χ0) is 13.9. The van der Waals surface area contributed by atoms with Crippen molar-refractivity contribution in [3.8, 4) is 0 Å². The number of hydrogen-bond donors (Lipinski definition) is 0. The van der Waals surface area contributed by atoms with Gasteiger partial charge in [-0.15, -0.1) is 0 Å². The smallest absolute Gasteiger partial charge is 0.410 e. The molecule has 1 aliphatic heterocycles. The lowest BCUT2D eigenvalue weighted by Gasteiger charge is -2.39. The number of rotatable bonds is 2. The van der Waals surface area contributed by atoms with Crippen molar-refractivity contribution in [3.05, 3.63) is 0 Å². The van der Waals surface area contributed by atoms with Gasteiger partial charge in [0.1, 0.15) is 11.4 Å². The summed E-state index contributed by atoms with van der Waals surface area (Å²) in [5.74, 6) is 0.215. The number of piperidine rings is 1. The Kier molecular flexibility index (Phi) is 4.77. The molecule has 1 aliphatic rings. The fraction of sp³-hybridized carbons (Fsp3) is 0.857. The SMILES string of the molecule is CCC(=O)C1CCCN(C(=O)OC(C)(C)C)C1C. The van der Waals surface area contributed by atoms with Gasteiger partial charge in [-0.1, -0.05) is 6.92 Å². The van der Waals surface area contributed by atoms with Gasteiger partial charge in [0.15, 0.2) is 0 Å². The van der Waals surface area contributed by atoms with E-state index in [0.717, 1.165) is 12.8 Å². The molecule has 0 aromatic carbocycles. The van der Waals surface area contributed by atoms with Crippen LogP contribution < -0.4 is 0 Å². The van der Waals surface area contributed by atoms with Crippen molar-refractivity contribution >= 4 is 11.9 Å². The standard InChI is InChI=1S/C14H25NO3/c1-6-12(16)11-8-7-9-15(10(11)2)13(17)18-14(3,4)5/h10-11H,6-9H2,1-5H3. The Morgan fingerprint density at radius 3 is 2.44 bits per heavy atom. The number of amides is 1. The zero-order valence-corrected chi connectivity index (χ0v) is 12.2. The molecule has 1 fully saturated rings. The van der Waals surface area contributed by atoms with E-state index < -0.39 is 5.60 Å². The molecule has 104 valence electrons. The van der Waals surface area contributed by atoms with Gasteiger partial charge in [0.2, 0.25) is 0 Å². The third-order valence-corrected chi connectivity index (χ3v) is 3.38. The molecule has 0 aromatic heterocycles. The summed E-state index contributed by atoms with van der Waals surface area (Å²) in [6.07, 6.45) is 1.99. The molecule has 18 heavy (non-hydrogen) atoms. The quantitative estimate of drug-likeness (QED) is 0.762. The summed E-state index contributed by atoms with van der Waals surface area (Å²) in [4.78, 5) is 25.6. The molecule has 1 saturated heterocycles. The topological polar surface area (TPSA) is 46.6 Å². The third-order valence-electron chi connectivity index (χ3n) is 3.38. The summed E-state index contributed by atoms with van der Waals surface area (Å²) in [5, 5.41) is 0. The molecule has 4 heteroatoms. The Bertz CT molecular complexity index is 319. The Labute approximate surface area is 110 Å². The number of nitrogens with zero attached hydrogens (tertiary/aromatic N) is 1. The largest absolute Gasteiger partial charge is 0.444 e. The van der Waals surface area contributed by atoms with Crippen LogP contribution in [0.25, 0.3) is 0 Å². The second-order valence-electron chi connectivity index (χ2n) is 5.98. The monoisotopic (exact) mass is 255 g/mol.